The Labute approximate surface area is 369 Å². The summed E-state index contributed by atoms with van der Waals surface area (Å²) in [5.74, 6) is -1.68. The number of nitrogens with zero attached hydrogens (tertiary/aromatic N) is 9. The number of likely N-dealkylation sites (N-methyl/N-ethyl adjacent to an activating group) is 1. The van der Waals surface area contributed by atoms with E-state index in [0.29, 0.717) is 82.0 Å². The lowest BCUT2D eigenvalue weighted by atomic mass is 9.90. The Morgan fingerprint density at radius 2 is 1.42 bits per heavy atom. The molecule has 0 saturated carbocycles. The van der Waals surface area contributed by atoms with Gasteiger partial charge in [0, 0.05) is 44.9 Å². The van der Waals surface area contributed by atoms with Crippen LogP contribution in [0, 0.1) is 13.8 Å². The topological polar surface area (TPSA) is 206 Å². The summed E-state index contributed by atoms with van der Waals surface area (Å²) in [5, 5.41) is 18.8. The molecule has 1 aliphatic rings. The van der Waals surface area contributed by atoms with Crippen LogP contribution in [-0.2, 0) is 33.3 Å². The average Bonchev–Trinajstić information content (AvgIpc) is 4.00. The number of carboxylic acids is 1. The van der Waals surface area contributed by atoms with Gasteiger partial charge >= 0.3 is 5.97 Å². The molecule has 0 bridgehead atoms. The van der Waals surface area contributed by atoms with E-state index >= 15 is 0 Å². The maximum absolute atomic E-state index is 14.1. The summed E-state index contributed by atoms with van der Waals surface area (Å²) in [4.78, 5) is 64.0. The zero-order valence-electron chi connectivity index (χ0n) is 37.5. The van der Waals surface area contributed by atoms with E-state index in [2.05, 4.69) is 15.2 Å². The first-order valence-electron chi connectivity index (χ1n) is 20.9. The molecule has 0 spiro atoms. The summed E-state index contributed by atoms with van der Waals surface area (Å²) >= 11 is 0. The number of aromatic nitrogens is 6. The predicted molar refractivity (Wildman–Crippen MR) is 241 cm³/mol. The van der Waals surface area contributed by atoms with E-state index in [1.165, 1.54) is 6.07 Å². The molecule has 0 radical (unpaired) electrons. The van der Waals surface area contributed by atoms with Gasteiger partial charge in [0.15, 0.2) is 0 Å². The molecule has 3 aromatic carbocycles. The van der Waals surface area contributed by atoms with Gasteiger partial charge in [0.1, 0.15) is 35.3 Å². The van der Waals surface area contributed by atoms with Crippen molar-refractivity contribution in [2.24, 2.45) is 22.8 Å². The lowest BCUT2D eigenvalue weighted by molar-refractivity contribution is 0.0696. The molecule has 3 aromatic heterocycles. The minimum absolute atomic E-state index is 0.0910. The van der Waals surface area contributed by atoms with Crippen LogP contribution in [0.2, 0.25) is 0 Å². The first kappa shape index (κ1) is 44.5. The first-order valence-corrected chi connectivity index (χ1v) is 20.9. The Morgan fingerprint density at radius 3 is 2.00 bits per heavy atom. The number of hydrogen-bond acceptors (Lipinski definition) is 8. The molecule has 7 rings (SSSR count). The smallest absolute Gasteiger partial charge is 0.335 e. The molecule has 1 atom stereocenters. The predicted octanol–water partition coefficient (Wildman–Crippen LogP) is 6.35. The van der Waals surface area contributed by atoms with Crippen molar-refractivity contribution in [3.8, 4) is 11.5 Å². The van der Waals surface area contributed by atoms with Crippen molar-refractivity contribution in [1.82, 2.24) is 28.7 Å². The molecule has 0 fully saturated rings. The monoisotopic (exact) mass is 868 g/mol. The van der Waals surface area contributed by atoms with Crippen LogP contribution in [0.4, 0.5) is 5.69 Å². The molecular weight excluding hydrogens is 817 g/mol. The number of ether oxygens (including phenoxy) is 2. The Bertz CT molecular complexity index is 2980. The summed E-state index contributed by atoms with van der Waals surface area (Å²) in [6.07, 6.45) is 0.366. The molecule has 332 valence electrons. The van der Waals surface area contributed by atoms with Crippen molar-refractivity contribution in [3.05, 3.63) is 129 Å². The number of allylic oxidation sites excluding steroid dienone is 2. The molecule has 64 heavy (non-hydrogen) atoms. The number of nitrogens with two attached hydrogens (primary N) is 1. The van der Waals surface area contributed by atoms with Gasteiger partial charge in [-0.25, -0.2) is 4.79 Å². The summed E-state index contributed by atoms with van der Waals surface area (Å²) in [5.41, 5.74) is 13.8. The number of carbonyl (C=O) groups is 4. The molecule has 17 nitrogen and oxygen atoms in total. The van der Waals surface area contributed by atoms with Crippen LogP contribution in [0.25, 0.3) is 11.0 Å². The Hall–Kier alpha value is -7.56. The number of methoxy groups -OCH3 is 1. The number of aliphatic imine (C=N–C) groups is 1. The van der Waals surface area contributed by atoms with Crippen molar-refractivity contribution in [2.75, 3.05) is 19.1 Å². The van der Waals surface area contributed by atoms with Gasteiger partial charge in [0.25, 0.3) is 11.8 Å². The highest BCUT2D eigenvalue weighted by Crippen LogP contribution is 2.47. The first-order chi connectivity index (χ1) is 30.5. The molecule has 3 amide bonds. The number of aromatic carboxylic acids is 1. The fourth-order valence-electron chi connectivity index (χ4n) is 8.14. The van der Waals surface area contributed by atoms with Gasteiger partial charge < -0.3 is 34.3 Å². The number of aryl methyl sites for hydroxylation is 5. The third-order valence-electron chi connectivity index (χ3n) is 11.6. The van der Waals surface area contributed by atoms with E-state index in [0.717, 1.165) is 22.3 Å². The zero-order chi connectivity index (χ0) is 46.1. The number of carboxylic acid groups (broad SMARTS) is 1. The Balaban J connectivity index is 1.35. The highest BCUT2D eigenvalue weighted by Gasteiger charge is 2.38. The minimum atomic E-state index is -1.08. The van der Waals surface area contributed by atoms with E-state index < -0.39 is 29.6 Å². The number of rotatable bonds is 14. The minimum Gasteiger partial charge on any atom is -0.497 e. The van der Waals surface area contributed by atoms with E-state index in [-0.39, 0.29) is 24.3 Å². The van der Waals surface area contributed by atoms with Gasteiger partial charge in [0.05, 0.1) is 46.7 Å². The van der Waals surface area contributed by atoms with Crippen LogP contribution in [0.15, 0.2) is 87.9 Å². The van der Waals surface area contributed by atoms with Crippen molar-refractivity contribution < 1.29 is 33.8 Å². The van der Waals surface area contributed by atoms with Crippen molar-refractivity contribution >= 4 is 46.2 Å². The lowest BCUT2D eigenvalue weighted by Crippen LogP contribution is -2.28. The van der Waals surface area contributed by atoms with E-state index in [1.807, 2.05) is 70.4 Å². The normalized spacial score (nSPS) is 14.9. The van der Waals surface area contributed by atoms with Crippen molar-refractivity contribution in [1.29, 1.82) is 0 Å². The van der Waals surface area contributed by atoms with Crippen LogP contribution >= 0.6 is 0 Å². The van der Waals surface area contributed by atoms with E-state index in [9.17, 15) is 24.3 Å². The molecule has 0 aliphatic carbocycles. The standard InChI is InChI=1S/C47H52N10O7/c1-10-56-38(19-28(5)51-56)44(59)49-43-34(41-37(53(43)7)22-32(42(48)58)23-40(41)64-25-30-12-15-33(63-9)16-13-30)18-26(3)27(4)24-55-35-17-14-31(46(61)62)21-36(35)54(8)47(55)50-45(60)39-20-29(6)52-57(39)11-2/h12-17,19-23,34H,10-11,18,24-25H2,1-9H3,(H2,48,58)(H,61,62)/b27-26+,49-43-,50-47+. The molecule has 17 heteroatoms. The summed E-state index contributed by atoms with van der Waals surface area (Å²) in [6.45, 7) is 12.8. The number of amides is 3. The number of hydrogen-bond donors (Lipinski definition) is 2. The summed E-state index contributed by atoms with van der Waals surface area (Å²) in [7, 11) is 5.14. The van der Waals surface area contributed by atoms with Crippen LogP contribution in [0.1, 0.15) is 104 Å². The fraction of sp³-hybridized carbons (Fsp3) is 0.319. The van der Waals surface area contributed by atoms with Gasteiger partial charge in [-0.1, -0.05) is 23.3 Å². The fourth-order valence-corrected chi connectivity index (χ4v) is 8.14. The quantitative estimate of drug-likeness (QED) is 0.116. The number of imidazole rings is 1. The Morgan fingerprint density at radius 1 is 0.797 bits per heavy atom. The molecule has 0 saturated heterocycles. The van der Waals surface area contributed by atoms with Crippen LogP contribution < -0.4 is 25.7 Å². The summed E-state index contributed by atoms with van der Waals surface area (Å²) < 4.78 is 18.7. The van der Waals surface area contributed by atoms with Crippen LogP contribution in [0.5, 0.6) is 11.5 Å². The summed E-state index contributed by atoms with van der Waals surface area (Å²) in [6, 6.07) is 19.0. The highest BCUT2D eigenvalue weighted by atomic mass is 16.5. The van der Waals surface area contributed by atoms with Crippen molar-refractivity contribution in [2.45, 2.75) is 80.1 Å². The third kappa shape index (κ3) is 8.60. The largest absolute Gasteiger partial charge is 0.497 e. The molecule has 3 N–H and O–H groups in total. The second-order valence-electron chi connectivity index (χ2n) is 15.9. The number of fused-ring (bicyclic) bond motifs is 2. The maximum atomic E-state index is 14.1. The van der Waals surface area contributed by atoms with Gasteiger partial charge in [-0.05, 0) is 108 Å². The molecule has 6 aromatic rings. The third-order valence-corrected chi connectivity index (χ3v) is 11.6. The van der Waals surface area contributed by atoms with E-state index in [1.54, 1.807) is 76.4 Å². The molecular formula is C47H52N10O7. The number of amidine groups is 1. The highest BCUT2D eigenvalue weighted by molar-refractivity contribution is 6.15. The number of carbonyl (C=O) groups excluding carboxylic acids is 3. The second-order valence-corrected chi connectivity index (χ2v) is 15.9. The SMILES string of the molecule is CCn1nc(C)cc1C(=O)/N=C1/C(C/C(C)=C(\C)Cn2/c(=N/C(=O)c3cc(C)nn3CC)n(C)c3cc(C(=O)O)ccc32)c2c(OCc3ccc(OC)cc3)cc(C(N)=O)cc2N1C. The molecule has 1 unspecified atom stereocenters. The Kier molecular flexibility index (Phi) is 12.5. The number of anilines is 1. The average molecular weight is 869 g/mol. The maximum Gasteiger partial charge on any atom is 0.335 e. The van der Waals surface area contributed by atoms with Gasteiger partial charge in [0.2, 0.25) is 11.5 Å². The molecule has 1 aliphatic heterocycles. The zero-order valence-corrected chi connectivity index (χ0v) is 37.5. The van der Waals surface area contributed by atoms with Gasteiger partial charge in [-0.15, -0.1) is 0 Å². The van der Waals surface area contributed by atoms with E-state index in [4.69, 9.17) is 20.2 Å². The lowest BCUT2D eigenvalue weighted by Gasteiger charge is -2.19. The second kappa shape index (κ2) is 18.0. The van der Waals surface area contributed by atoms with Crippen LogP contribution in [0.3, 0.4) is 0 Å². The van der Waals surface area contributed by atoms with Gasteiger partial charge in [-0.2, -0.15) is 20.2 Å². The van der Waals surface area contributed by atoms with Crippen molar-refractivity contribution in [3.63, 3.8) is 0 Å². The van der Waals surface area contributed by atoms with Gasteiger partial charge in [-0.3, -0.25) is 23.7 Å². The number of benzene rings is 3. The molecule has 4 heterocycles. The van der Waals surface area contributed by atoms with Crippen LogP contribution in [-0.4, -0.2) is 77.5 Å². The number of primary amides is 1.